The molecule has 0 aromatic rings. The fourth-order valence-corrected chi connectivity index (χ4v) is 2.62. The molecule has 0 atom stereocenters. The fraction of sp³-hybridized carbons (Fsp3) is 0.875. The number of guanidine groups is 1. The van der Waals surface area contributed by atoms with Crippen LogP contribution in [-0.4, -0.2) is 64.2 Å². The fourth-order valence-electron chi connectivity index (χ4n) is 2.62. The molecule has 1 heterocycles. The molecular formula is C16H33IN4O2. The summed E-state index contributed by atoms with van der Waals surface area (Å²) in [6.07, 6.45) is 3.46. The van der Waals surface area contributed by atoms with Crippen molar-refractivity contribution in [2.75, 3.05) is 47.4 Å². The third-order valence-electron chi connectivity index (χ3n) is 4.32. The Bertz CT molecular complexity index is 382. The van der Waals surface area contributed by atoms with Gasteiger partial charge in [-0.05, 0) is 39.0 Å². The molecule has 1 fully saturated rings. The average Bonchev–Trinajstić information content (AvgIpc) is 2.53. The number of halogens is 1. The summed E-state index contributed by atoms with van der Waals surface area (Å²) in [4.78, 5) is 18.3. The summed E-state index contributed by atoms with van der Waals surface area (Å²) in [5.74, 6) is 1.61. The molecule has 0 saturated carbocycles. The zero-order chi connectivity index (χ0) is 16.6. The molecule has 1 saturated heterocycles. The Morgan fingerprint density at radius 2 is 1.96 bits per heavy atom. The van der Waals surface area contributed by atoms with E-state index in [0.717, 1.165) is 50.9 Å². The second kappa shape index (κ2) is 11.1. The van der Waals surface area contributed by atoms with Crippen LogP contribution in [0.2, 0.25) is 0 Å². The Balaban J connectivity index is 0.00000484. The summed E-state index contributed by atoms with van der Waals surface area (Å²) >= 11 is 0. The Morgan fingerprint density at radius 3 is 2.48 bits per heavy atom. The van der Waals surface area contributed by atoms with Crippen molar-refractivity contribution in [2.24, 2.45) is 16.3 Å². The van der Waals surface area contributed by atoms with E-state index in [9.17, 15) is 4.79 Å². The van der Waals surface area contributed by atoms with Crippen molar-refractivity contribution in [3.05, 3.63) is 0 Å². The van der Waals surface area contributed by atoms with Crippen molar-refractivity contribution in [2.45, 2.75) is 33.1 Å². The van der Waals surface area contributed by atoms with Gasteiger partial charge in [-0.25, -0.2) is 0 Å². The number of carbonyl (C=O) groups is 1. The number of hydrogen-bond donors (Lipinski definition) is 2. The van der Waals surface area contributed by atoms with Crippen LogP contribution in [0.5, 0.6) is 0 Å². The molecule has 0 spiro atoms. The molecule has 1 amide bonds. The van der Waals surface area contributed by atoms with Crippen molar-refractivity contribution in [3.8, 4) is 0 Å². The van der Waals surface area contributed by atoms with Crippen LogP contribution in [0.3, 0.4) is 0 Å². The molecule has 0 radical (unpaired) electrons. The molecule has 1 aliphatic rings. The Hall–Kier alpha value is -0.570. The predicted octanol–water partition coefficient (Wildman–Crippen LogP) is 1.70. The molecule has 0 unspecified atom stereocenters. The van der Waals surface area contributed by atoms with Crippen molar-refractivity contribution in [3.63, 3.8) is 0 Å². The van der Waals surface area contributed by atoms with Crippen molar-refractivity contribution in [1.82, 2.24) is 15.5 Å². The van der Waals surface area contributed by atoms with Crippen LogP contribution in [0.4, 0.5) is 0 Å². The van der Waals surface area contributed by atoms with Gasteiger partial charge in [0.2, 0.25) is 5.91 Å². The van der Waals surface area contributed by atoms with Gasteiger partial charge in [0.1, 0.15) is 0 Å². The molecule has 0 bridgehead atoms. The van der Waals surface area contributed by atoms with E-state index in [1.165, 1.54) is 0 Å². The second-order valence-electron chi connectivity index (χ2n) is 6.63. The monoisotopic (exact) mass is 440 g/mol. The minimum atomic E-state index is -0.466. The van der Waals surface area contributed by atoms with E-state index in [0.29, 0.717) is 6.54 Å². The van der Waals surface area contributed by atoms with Crippen LogP contribution < -0.4 is 10.6 Å². The van der Waals surface area contributed by atoms with E-state index in [-0.39, 0.29) is 29.9 Å². The van der Waals surface area contributed by atoms with Gasteiger partial charge in [-0.15, -0.1) is 24.0 Å². The smallest absolute Gasteiger partial charge is 0.227 e. The molecule has 1 aliphatic heterocycles. The quantitative estimate of drug-likeness (QED) is 0.375. The highest BCUT2D eigenvalue weighted by atomic mass is 127. The lowest BCUT2D eigenvalue weighted by Crippen LogP contribution is -2.48. The summed E-state index contributed by atoms with van der Waals surface area (Å²) in [6.45, 7) is 7.15. The van der Waals surface area contributed by atoms with E-state index in [2.05, 4.69) is 20.5 Å². The van der Waals surface area contributed by atoms with Gasteiger partial charge >= 0.3 is 0 Å². The van der Waals surface area contributed by atoms with Gasteiger partial charge in [0.15, 0.2) is 5.96 Å². The van der Waals surface area contributed by atoms with Gasteiger partial charge in [-0.2, -0.15) is 0 Å². The first-order valence-electron chi connectivity index (χ1n) is 8.12. The summed E-state index contributed by atoms with van der Waals surface area (Å²) in [5.41, 5.74) is -0.466. The minimum Gasteiger partial charge on any atom is -0.381 e. The first-order valence-corrected chi connectivity index (χ1v) is 8.12. The average molecular weight is 440 g/mol. The maximum Gasteiger partial charge on any atom is 0.227 e. The Morgan fingerprint density at radius 1 is 1.35 bits per heavy atom. The van der Waals surface area contributed by atoms with Gasteiger partial charge in [0.05, 0.1) is 5.41 Å². The van der Waals surface area contributed by atoms with Crippen LogP contribution in [0, 0.1) is 11.3 Å². The molecule has 0 aromatic heterocycles. The molecule has 2 N–H and O–H groups in total. The number of aliphatic imine (C=N–C) groups is 1. The van der Waals surface area contributed by atoms with Crippen LogP contribution in [-0.2, 0) is 9.53 Å². The standard InChI is InChI=1S/C16H32N4O2.HI/c1-16(2,14(21)17-3)12-19-15(18-4)20(5)9-6-13-7-10-22-11-8-13;/h13H,6-12H2,1-5H3,(H,17,21)(H,18,19);1H. The largest absolute Gasteiger partial charge is 0.381 e. The zero-order valence-corrected chi connectivity index (χ0v) is 17.5. The zero-order valence-electron chi connectivity index (χ0n) is 15.1. The second-order valence-corrected chi connectivity index (χ2v) is 6.63. The van der Waals surface area contributed by atoms with Crippen LogP contribution in [0.25, 0.3) is 0 Å². The topological polar surface area (TPSA) is 66.0 Å². The van der Waals surface area contributed by atoms with E-state index < -0.39 is 5.41 Å². The normalized spacial score (nSPS) is 16.5. The van der Waals surface area contributed by atoms with Gasteiger partial charge in [0.25, 0.3) is 0 Å². The lowest BCUT2D eigenvalue weighted by atomic mass is 9.92. The van der Waals surface area contributed by atoms with Crippen molar-refractivity contribution >= 4 is 35.8 Å². The molecule has 0 aliphatic carbocycles. The molecule has 136 valence electrons. The molecule has 7 heteroatoms. The maximum atomic E-state index is 11.8. The third-order valence-corrected chi connectivity index (χ3v) is 4.32. The number of hydrogen-bond acceptors (Lipinski definition) is 3. The van der Waals surface area contributed by atoms with Crippen molar-refractivity contribution < 1.29 is 9.53 Å². The van der Waals surface area contributed by atoms with Crippen LogP contribution >= 0.6 is 24.0 Å². The molecule has 1 rings (SSSR count). The van der Waals surface area contributed by atoms with Crippen LogP contribution in [0.1, 0.15) is 33.1 Å². The highest BCUT2D eigenvalue weighted by molar-refractivity contribution is 14.0. The molecular weight excluding hydrogens is 407 g/mol. The summed E-state index contributed by atoms with van der Waals surface area (Å²) in [7, 11) is 5.49. The number of nitrogens with one attached hydrogen (secondary N) is 2. The first kappa shape index (κ1) is 22.4. The first-order chi connectivity index (χ1) is 10.4. The van der Waals surface area contributed by atoms with Crippen LogP contribution in [0.15, 0.2) is 4.99 Å². The van der Waals surface area contributed by atoms with Crippen molar-refractivity contribution in [1.29, 1.82) is 0 Å². The number of rotatable bonds is 6. The number of amides is 1. The number of carbonyl (C=O) groups excluding carboxylic acids is 1. The number of nitrogens with zero attached hydrogens (tertiary/aromatic N) is 2. The van der Waals surface area contributed by atoms with E-state index in [1.807, 2.05) is 20.9 Å². The lowest BCUT2D eigenvalue weighted by Gasteiger charge is -2.29. The molecule has 6 nitrogen and oxygen atoms in total. The maximum absolute atomic E-state index is 11.8. The summed E-state index contributed by atoms with van der Waals surface area (Å²) < 4.78 is 5.40. The third kappa shape index (κ3) is 7.69. The van der Waals surface area contributed by atoms with E-state index >= 15 is 0 Å². The summed E-state index contributed by atoms with van der Waals surface area (Å²) in [5, 5.41) is 6.00. The highest BCUT2D eigenvalue weighted by Gasteiger charge is 2.27. The summed E-state index contributed by atoms with van der Waals surface area (Å²) in [6, 6.07) is 0. The van der Waals surface area contributed by atoms with Gasteiger partial charge < -0.3 is 20.3 Å². The van der Waals surface area contributed by atoms with E-state index in [4.69, 9.17) is 4.74 Å². The highest BCUT2D eigenvalue weighted by Crippen LogP contribution is 2.18. The Kier molecular flexibility index (Phi) is 10.8. The molecule has 0 aromatic carbocycles. The van der Waals surface area contributed by atoms with E-state index in [1.54, 1.807) is 14.1 Å². The predicted molar refractivity (Wildman–Crippen MR) is 105 cm³/mol. The Labute approximate surface area is 157 Å². The SMILES string of the molecule is CN=C(NCC(C)(C)C(=O)NC)N(C)CCC1CCOCC1.I. The molecule has 23 heavy (non-hydrogen) atoms. The minimum absolute atomic E-state index is 0. The number of ether oxygens (including phenoxy) is 1. The van der Waals surface area contributed by atoms with Gasteiger partial charge in [-0.3, -0.25) is 9.79 Å². The lowest BCUT2D eigenvalue weighted by molar-refractivity contribution is -0.128. The van der Waals surface area contributed by atoms with Gasteiger partial charge in [-0.1, -0.05) is 0 Å². The van der Waals surface area contributed by atoms with Gasteiger partial charge in [0, 0.05) is 47.4 Å².